The quantitative estimate of drug-likeness (QED) is 0.606. The molecule has 0 aromatic heterocycles. The summed E-state index contributed by atoms with van der Waals surface area (Å²) in [7, 11) is 0. The van der Waals surface area contributed by atoms with Gasteiger partial charge in [0.1, 0.15) is 0 Å². The molecule has 5 nitrogen and oxygen atoms in total. The summed E-state index contributed by atoms with van der Waals surface area (Å²) >= 11 is 2.04. The molecule has 0 fully saturated rings. The van der Waals surface area contributed by atoms with Crippen molar-refractivity contribution < 1.29 is 14.7 Å². The molecule has 2 rings (SSSR count). The second kappa shape index (κ2) is 6.25. The lowest BCUT2D eigenvalue weighted by atomic mass is 10.1. The van der Waals surface area contributed by atoms with Crippen molar-refractivity contribution in [3.8, 4) is 0 Å². The van der Waals surface area contributed by atoms with Crippen molar-refractivity contribution in [2.75, 3.05) is 18.4 Å². The largest absolute Gasteiger partial charge is 0.478 e. The van der Waals surface area contributed by atoms with Gasteiger partial charge >= 0.3 is 12.0 Å². The van der Waals surface area contributed by atoms with Crippen LogP contribution < -0.4 is 5.32 Å². The molecule has 20 heavy (non-hydrogen) atoms. The van der Waals surface area contributed by atoms with Gasteiger partial charge in [-0.3, -0.25) is 0 Å². The number of carbonyl (C=O) groups is 2. The van der Waals surface area contributed by atoms with Crippen molar-refractivity contribution in [2.24, 2.45) is 0 Å². The fourth-order valence-corrected chi connectivity index (χ4v) is 2.44. The molecule has 2 N–H and O–H groups in total. The maximum Gasteiger partial charge on any atom is 0.337 e. The number of benzene rings is 1. The van der Waals surface area contributed by atoms with Crippen molar-refractivity contribution in [1.82, 2.24) is 4.90 Å². The van der Waals surface area contributed by atoms with E-state index in [1.165, 1.54) is 5.57 Å². The number of carboxylic acids is 1. The molecule has 106 valence electrons. The number of nitrogens with zero attached hydrogens (tertiary/aromatic N) is 1. The van der Waals surface area contributed by atoms with E-state index in [-0.39, 0.29) is 11.6 Å². The Kier molecular flexibility index (Phi) is 4.64. The highest BCUT2D eigenvalue weighted by atomic mass is 127. The number of carboxylic acid groups (broad SMARTS) is 1. The lowest BCUT2D eigenvalue weighted by molar-refractivity contribution is 0.0698. The van der Waals surface area contributed by atoms with Gasteiger partial charge in [0.25, 0.3) is 0 Å². The predicted molar refractivity (Wildman–Crippen MR) is 85.1 cm³/mol. The van der Waals surface area contributed by atoms with E-state index in [0.29, 0.717) is 18.8 Å². The molecule has 0 saturated heterocycles. The van der Waals surface area contributed by atoms with E-state index in [1.807, 2.05) is 35.6 Å². The fraction of sp³-hybridized carbons (Fsp3) is 0.286. The van der Waals surface area contributed by atoms with E-state index >= 15 is 0 Å². The standard InChI is InChI=1S/C14H15IN2O3/c1-9-4-6-17(7-5-9)14(20)16-12-3-2-10(15)8-11(12)13(18)19/h2-4,8H,5-7H2,1H3,(H,16,20)(H,18,19). The first-order valence-corrected chi connectivity index (χ1v) is 7.29. The fourth-order valence-electron chi connectivity index (χ4n) is 1.95. The lowest BCUT2D eigenvalue weighted by Gasteiger charge is -2.26. The third-order valence-electron chi connectivity index (χ3n) is 3.18. The van der Waals surface area contributed by atoms with Crippen molar-refractivity contribution in [3.63, 3.8) is 0 Å². The van der Waals surface area contributed by atoms with Crippen LogP contribution in [0.5, 0.6) is 0 Å². The minimum atomic E-state index is -1.05. The van der Waals surface area contributed by atoms with Gasteiger partial charge in [-0.05, 0) is 54.1 Å². The van der Waals surface area contributed by atoms with Crippen molar-refractivity contribution in [2.45, 2.75) is 13.3 Å². The molecule has 1 heterocycles. The Morgan fingerprint density at radius 1 is 1.40 bits per heavy atom. The average Bonchev–Trinajstić information content (AvgIpc) is 2.41. The lowest BCUT2D eigenvalue weighted by Crippen LogP contribution is -2.38. The Morgan fingerprint density at radius 3 is 2.75 bits per heavy atom. The second-order valence-corrected chi connectivity index (χ2v) is 5.92. The molecule has 0 spiro atoms. The molecule has 0 unspecified atom stereocenters. The Hall–Kier alpha value is -1.57. The summed E-state index contributed by atoms with van der Waals surface area (Å²) in [6.45, 7) is 3.25. The van der Waals surface area contributed by atoms with Crippen LogP contribution in [-0.4, -0.2) is 35.1 Å². The molecule has 1 aliphatic rings. The number of hydrogen-bond acceptors (Lipinski definition) is 2. The number of urea groups is 1. The smallest absolute Gasteiger partial charge is 0.337 e. The predicted octanol–water partition coefficient (Wildman–Crippen LogP) is 3.17. The Labute approximate surface area is 130 Å². The first kappa shape index (κ1) is 14.8. The summed E-state index contributed by atoms with van der Waals surface area (Å²) in [4.78, 5) is 25.0. The molecule has 1 aliphatic heterocycles. The highest BCUT2D eigenvalue weighted by Crippen LogP contribution is 2.20. The summed E-state index contributed by atoms with van der Waals surface area (Å²) in [5, 5.41) is 11.8. The number of carbonyl (C=O) groups excluding carboxylic acids is 1. The third kappa shape index (κ3) is 3.50. The van der Waals surface area contributed by atoms with E-state index in [0.717, 1.165) is 9.99 Å². The molecule has 1 aromatic carbocycles. The molecule has 6 heteroatoms. The Morgan fingerprint density at radius 2 is 2.15 bits per heavy atom. The van der Waals surface area contributed by atoms with Crippen LogP contribution >= 0.6 is 22.6 Å². The molecule has 0 saturated carbocycles. The molecule has 0 atom stereocenters. The van der Waals surface area contributed by atoms with Crippen molar-refractivity contribution in [3.05, 3.63) is 39.0 Å². The molecule has 0 aliphatic carbocycles. The highest BCUT2D eigenvalue weighted by Gasteiger charge is 2.18. The minimum Gasteiger partial charge on any atom is -0.478 e. The molecule has 0 bridgehead atoms. The van der Waals surface area contributed by atoms with E-state index < -0.39 is 5.97 Å². The van der Waals surface area contributed by atoms with Gasteiger partial charge in [-0.2, -0.15) is 0 Å². The number of aromatic carboxylic acids is 1. The summed E-state index contributed by atoms with van der Waals surface area (Å²) in [5.41, 5.74) is 1.71. The van der Waals surface area contributed by atoms with Gasteiger partial charge in [0, 0.05) is 16.7 Å². The van der Waals surface area contributed by atoms with E-state index in [2.05, 4.69) is 5.32 Å². The van der Waals surface area contributed by atoms with Crippen LogP contribution in [0.3, 0.4) is 0 Å². The topological polar surface area (TPSA) is 69.6 Å². The minimum absolute atomic E-state index is 0.106. The molecular formula is C14H15IN2O3. The first-order valence-electron chi connectivity index (χ1n) is 6.22. The van der Waals surface area contributed by atoms with Gasteiger partial charge in [-0.25, -0.2) is 9.59 Å². The number of hydrogen-bond donors (Lipinski definition) is 2. The molecule has 0 radical (unpaired) electrons. The van der Waals surface area contributed by atoms with Crippen molar-refractivity contribution in [1.29, 1.82) is 0 Å². The zero-order chi connectivity index (χ0) is 14.7. The molecular weight excluding hydrogens is 371 g/mol. The van der Waals surface area contributed by atoms with E-state index in [4.69, 9.17) is 0 Å². The zero-order valence-corrected chi connectivity index (χ0v) is 13.2. The van der Waals surface area contributed by atoms with Gasteiger partial charge in [-0.1, -0.05) is 11.6 Å². The molecule has 2 amide bonds. The number of anilines is 1. The Balaban J connectivity index is 2.14. The van der Waals surface area contributed by atoms with Gasteiger partial charge in [-0.15, -0.1) is 0 Å². The van der Waals surface area contributed by atoms with Gasteiger partial charge < -0.3 is 15.3 Å². The Bertz CT molecular complexity index is 584. The third-order valence-corrected chi connectivity index (χ3v) is 3.85. The van der Waals surface area contributed by atoms with Crippen LogP contribution in [0, 0.1) is 3.57 Å². The SMILES string of the molecule is CC1=CCN(C(=O)Nc2ccc(I)cc2C(=O)O)CC1. The first-order chi connectivity index (χ1) is 9.47. The monoisotopic (exact) mass is 386 g/mol. The van der Waals surface area contributed by atoms with Crippen molar-refractivity contribution >= 4 is 40.3 Å². The van der Waals surface area contributed by atoms with E-state index in [1.54, 1.807) is 23.1 Å². The van der Waals surface area contributed by atoms with E-state index in [9.17, 15) is 14.7 Å². The number of halogens is 1. The molecule has 1 aromatic rings. The van der Waals surface area contributed by atoms with Crippen LogP contribution in [0.2, 0.25) is 0 Å². The summed E-state index contributed by atoms with van der Waals surface area (Å²) in [5.74, 6) is -1.05. The maximum atomic E-state index is 12.1. The van der Waals surface area contributed by atoms with Gasteiger partial charge in [0.2, 0.25) is 0 Å². The van der Waals surface area contributed by atoms with Crippen LogP contribution in [0.25, 0.3) is 0 Å². The number of amides is 2. The zero-order valence-electron chi connectivity index (χ0n) is 11.0. The highest BCUT2D eigenvalue weighted by molar-refractivity contribution is 14.1. The number of nitrogens with one attached hydrogen (secondary N) is 1. The van der Waals surface area contributed by atoms with Crippen LogP contribution in [0.1, 0.15) is 23.7 Å². The van der Waals surface area contributed by atoms with Gasteiger partial charge in [0.15, 0.2) is 0 Å². The van der Waals surface area contributed by atoms with Crippen LogP contribution in [0.4, 0.5) is 10.5 Å². The summed E-state index contributed by atoms with van der Waals surface area (Å²) in [6, 6.07) is 4.66. The van der Waals surface area contributed by atoms with Crippen LogP contribution in [-0.2, 0) is 0 Å². The summed E-state index contributed by atoms with van der Waals surface area (Å²) < 4.78 is 0.814. The number of rotatable bonds is 2. The maximum absolute atomic E-state index is 12.1. The average molecular weight is 386 g/mol. The summed E-state index contributed by atoms with van der Waals surface area (Å²) in [6.07, 6.45) is 2.86. The van der Waals surface area contributed by atoms with Crippen LogP contribution in [0.15, 0.2) is 29.8 Å². The van der Waals surface area contributed by atoms with Gasteiger partial charge in [0.05, 0.1) is 11.3 Å². The normalized spacial score (nSPS) is 14.7. The second-order valence-electron chi connectivity index (χ2n) is 4.67.